The number of nitriles is 1. The maximum atomic E-state index is 14.7. The quantitative estimate of drug-likeness (QED) is 0.173. The van der Waals surface area contributed by atoms with Crippen LogP contribution in [0, 0.1) is 18.3 Å². The minimum Gasteiger partial charge on any atom is -0.456 e. The molecule has 71 heavy (non-hydrogen) atoms. The molecule has 0 aliphatic heterocycles. The summed E-state index contributed by atoms with van der Waals surface area (Å²) in [5.74, 6) is 0. The van der Waals surface area contributed by atoms with E-state index >= 15 is 0 Å². The van der Waals surface area contributed by atoms with E-state index in [2.05, 4.69) is 88.0 Å². The summed E-state index contributed by atoms with van der Waals surface area (Å²) >= 11 is 0. The van der Waals surface area contributed by atoms with E-state index in [4.69, 9.17) is 8.83 Å². The first kappa shape index (κ1) is 40.7. The van der Waals surface area contributed by atoms with Crippen molar-refractivity contribution in [2.45, 2.75) is 13.1 Å². The molecule has 4 aromatic heterocycles. The number of nitrogens with zero attached hydrogens (tertiary/aromatic N) is 3. The van der Waals surface area contributed by atoms with Gasteiger partial charge >= 0.3 is 6.18 Å². The summed E-state index contributed by atoms with van der Waals surface area (Å²) in [6.07, 6.45) is -4.58. The molecular weight excluding hydrogens is 888 g/mol. The van der Waals surface area contributed by atoms with Crippen molar-refractivity contribution in [3.63, 3.8) is 0 Å². The van der Waals surface area contributed by atoms with E-state index in [1.54, 1.807) is 13.0 Å². The zero-order valence-corrected chi connectivity index (χ0v) is 37.8. The van der Waals surface area contributed by atoms with Crippen molar-refractivity contribution in [3.05, 3.63) is 217 Å². The summed E-state index contributed by atoms with van der Waals surface area (Å²) in [7, 11) is 0. The van der Waals surface area contributed by atoms with Crippen LogP contribution in [0.25, 0.3) is 132 Å². The Kier molecular flexibility index (Phi) is 8.65. The van der Waals surface area contributed by atoms with Gasteiger partial charge in [0, 0.05) is 43.1 Å². The fourth-order valence-electron chi connectivity index (χ4n) is 11.2. The number of hydrogen-bond acceptors (Lipinski definition) is 3. The van der Waals surface area contributed by atoms with Crippen molar-refractivity contribution in [1.29, 1.82) is 5.26 Å². The number of halogens is 3. The zero-order valence-electron chi connectivity index (χ0n) is 37.8. The van der Waals surface area contributed by atoms with Gasteiger partial charge < -0.3 is 18.0 Å². The average molecular weight is 924 g/mol. The van der Waals surface area contributed by atoms with Gasteiger partial charge in [-0.3, -0.25) is 0 Å². The van der Waals surface area contributed by atoms with Gasteiger partial charge in [0.25, 0.3) is 0 Å². The Labute approximate surface area is 403 Å². The first-order valence-corrected chi connectivity index (χ1v) is 23.4. The SMILES string of the molecule is Cc1cc(-c2cc(-n3c4ccccc4c4c(-c5ccc6oc7ccccc7c6c5)cccc43)c(C#N)c(-n3c4ccccc4c4c(-c5ccc6oc7ccccc7c6c5)cccc43)c2)cc(C(F)(F)F)c1. The Hall–Kier alpha value is -9.32. The molecule has 0 atom stereocenters. The molecular formula is C63H36F3N3O2. The second-order valence-electron chi connectivity index (χ2n) is 18.3. The molecule has 4 heterocycles. The zero-order chi connectivity index (χ0) is 47.7. The van der Waals surface area contributed by atoms with E-state index < -0.39 is 11.7 Å². The Bertz CT molecular complexity index is 4360. The van der Waals surface area contributed by atoms with Crippen molar-refractivity contribution in [3.8, 4) is 50.8 Å². The second kappa shape index (κ2) is 15.1. The highest BCUT2D eigenvalue weighted by Gasteiger charge is 2.32. The number of aromatic nitrogens is 2. The molecule has 336 valence electrons. The van der Waals surface area contributed by atoms with E-state index in [1.165, 1.54) is 12.1 Å². The largest absolute Gasteiger partial charge is 0.456 e. The summed E-state index contributed by atoms with van der Waals surface area (Å²) in [6, 6.07) is 67.7. The van der Waals surface area contributed by atoms with Gasteiger partial charge in [-0.2, -0.15) is 18.4 Å². The first-order chi connectivity index (χ1) is 34.7. The van der Waals surface area contributed by atoms with Crippen LogP contribution in [0.15, 0.2) is 209 Å². The fraction of sp³-hybridized carbons (Fsp3) is 0.0317. The molecule has 0 bridgehead atoms. The highest BCUT2D eigenvalue weighted by Crippen LogP contribution is 2.46. The molecule has 0 aliphatic rings. The van der Waals surface area contributed by atoms with Crippen LogP contribution in [0.1, 0.15) is 16.7 Å². The molecule has 0 amide bonds. The number of fused-ring (bicyclic) bond motifs is 12. The molecule has 0 saturated carbocycles. The maximum absolute atomic E-state index is 14.7. The van der Waals surface area contributed by atoms with Gasteiger partial charge in [0.1, 0.15) is 34.0 Å². The standard InChI is InChI=1S/C63H36F3N3O2/c1-36-28-39(30-41(29-36)63(64,65)66)40-33-55(68-51-18-6-2-14-46(51)61-42(16-10-20-53(61)68)37-24-26-59-48(31-37)44-12-4-8-22-57(44)70-59)50(35-67)56(34-40)69-52-19-7-3-15-47(52)62-43(17-11-21-54(62)69)38-25-27-60-49(32-38)45-13-5-9-23-58(45)71-60/h2-34H,1H3. The molecule has 0 unspecified atom stereocenters. The number of alkyl halides is 3. The predicted molar refractivity (Wildman–Crippen MR) is 280 cm³/mol. The van der Waals surface area contributed by atoms with E-state index in [0.29, 0.717) is 33.6 Å². The van der Waals surface area contributed by atoms with E-state index in [1.807, 2.05) is 109 Å². The fourth-order valence-corrected chi connectivity index (χ4v) is 11.2. The Morgan fingerprint density at radius 1 is 0.408 bits per heavy atom. The van der Waals surface area contributed by atoms with Gasteiger partial charge in [-0.15, -0.1) is 0 Å². The highest BCUT2D eigenvalue weighted by molar-refractivity contribution is 6.19. The summed E-state index contributed by atoms with van der Waals surface area (Å²) in [5, 5.41) is 19.6. The van der Waals surface area contributed by atoms with Crippen LogP contribution in [0.4, 0.5) is 13.2 Å². The normalized spacial score (nSPS) is 12.2. The minimum atomic E-state index is -4.58. The van der Waals surface area contributed by atoms with Crippen LogP contribution >= 0.6 is 0 Å². The molecule has 0 fully saturated rings. The third-order valence-electron chi connectivity index (χ3n) is 14.2. The van der Waals surface area contributed by atoms with Gasteiger partial charge in [-0.1, -0.05) is 115 Å². The number of benzene rings is 10. The summed E-state index contributed by atoms with van der Waals surface area (Å²) in [6.45, 7) is 1.68. The number of hydrogen-bond donors (Lipinski definition) is 0. The van der Waals surface area contributed by atoms with Crippen LogP contribution < -0.4 is 0 Å². The van der Waals surface area contributed by atoms with Gasteiger partial charge in [0.15, 0.2) is 0 Å². The topological polar surface area (TPSA) is 59.9 Å². The molecule has 0 N–H and O–H groups in total. The van der Waals surface area contributed by atoms with Gasteiger partial charge in [-0.05, 0) is 131 Å². The molecule has 8 heteroatoms. The van der Waals surface area contributed by atoms with Gasteiger partial charge in [0.2, 0.25) is 0 Å². The molecule has 14 rings (SSSR count). The Balaban J connectivity index is 1.07. The molecule has 5 nitrogen and oxygen atoms in total. The number of aryl methyl sites for hydroxylation is 1. The van der Waals surface area contributed by atoms with Crippen LogP contribution in [-0.2, 0) is 6.18 Å². The second-order valence-corrected chi connectivity index (χ2v) is 18.3. The van der Waals surface area contributed by atoms with Gasteiger partial charge in [-0.25, -0.2) is 0 Å². The third-order valence-corrected chi connectivity index (χ3v) is 14.2. The molecule has 14 aromatic rings. The monoisotopic (exact) mass is 923 g/mol. The van der Waals surface area contributed by atoms with Crippen molar-refractivity contribution in [2.24, 2.45) is 0 Å². The third kappa shape index (κ3) is 6.13. The molecule has 0 saturated heterocycles. The molecule has 10 aromatic carbocycles. The number of para-hydroxylation sites is 4. The lowest BCUT2D eigenvalue weighted by Crippen LogP contribution is -2.07. The summed E-state index contributed by atoms with van der Waals surface area (Å²) in [5.41, 5.74) is 12.6. The molecule has 0 aliphatic carbocycles. The van der Waals surface area contributed by atoms with Crippen molar-refractivity contribution in [1.82, 2.24) is 9.13 Å². The smallest absolute Gasteiger partial charge is 0.416 e. The van der Waals surface area contributed by atoms with Crippen LogP contribution in [0.2, 0.25) is 0 Å². The van der Waals surface area contributed by atoms with E-state index in [-0.39, 0.29) is 0 Å². The highest BCUT2D eigenvalue weighted by atomic mass is 19.4. The lowest BCUT2D eigenvalue weighted by atomic mass is 9.96. The number of rotatable bonds is 5. The maximum Gasteiger partial charge on any atom is 0.416 e. The number of furan rings is 2. The van der Waals surface area contributed by atoms with Crippen molar-refractivity contribution in [2.75, 3.05) is 0 Å². The Morgan fingerprint density at radius 3 is 1.34 bits per heavy atom. The van der Waals surface area contributed by atoms with Crippen LogP contribution in [0.5, 0.6) is 0 Å². The van der Waals surface area contributed by atoms with Crippen molar-refractivity contribution < 1.29 is 22.0 Å². The minimum absolute atomic E-state index is 0.358. The molecule has 0 radical (unpaired) electrons. The van der Waals surface area contributed by atoms with Crippen LogP contribution in [0.3, 0.4) is 0 Å². The van der Waals surface area contributed by atoms with E-state index in [9.17, 15) is 18.4 Å². The van der Waals surface area contributed by atoms with E-state index in [0.717, 1.165) is 110 Å². The Morgan fingerprint density at radius 2 is 0.845 bits per heavy atom. The van der Waals surface area contributed by atoms with Gasteiger partial charge in [0.05, 0.1) is 39.0 Å². The first-order valence-electron chi connectivity index (χ1n) is 23.4. The van der Waals surface area contributed by atoms with Crippen LogP contribution in [-0.4, -0.2) is 9.13 Å². The summed E-state index contributed by atoms with van der Waals surface area (Å²) < 4.78 is 60.7. The summed E-state index contributed by atoms with van der Waals surface area (Å²) in [4.78, 5) is 0. The predicted octanol–water partition coefficient (Wildman–Crippen LogP) is 17.9. The lowest BCUT2D eigenvalue weighted by Gasteiger charge is -2.19. The lowest BCUT2D eigenvalue weighted by molar-refractivity contribution is -0.137. The molecule has 0 spiro atoms. The average Bonchev–Trinajstić information content (AvgIpc) is 4.15. The van der Waals surface area contributed by atoms with Crippen molar-refractivity contribution >= 4 is 87.5 Å².